The van der Waals surface area contributed by atoms with E-state index in [9.17, 15) is 18.0 Å². The molecule has 3 aromatic carbocycles. The molecule has 7 nitrogen and oxygen atoms in total. The van der Waals surface area contributed by atoms with Crippen LogP contribution in [0.3, 0.4) is 0 Å². The Morgan fingerprint density at radius 3 is 2.12 bits per heavy atom. The molecule has 0 unspecified atom stereocenters. The summed E-state index contributed by atoms with van der Waals surface area (Å²) in [6.45, 7) is 3.37. The minimum Gasteiger partial charge on any atom is -0.352 e. The number of hydrogen-bond acceptors (Lipinski definition) is 4. The van der Waals surface area contributed by atoms with Crippen LogP contribution in [0.25, 0.3) is 0 Å². The van der Waals surface area contributed by atoms with Gasteiger partial charge in [0.15, 0.2) is 0 Å². The zero-order valence-electron chi connectivity index (χ0n) is 22.9. The van der Waals surface area contributed by atoms with Crippen molar-refractivity contribution in [3.8, 4) is 0 Å². The normalized spacial score (nSPS) is 14.5. The molecule has 1 fully saturated rings. The summed E-state index contributed by atoms with van der Waals surface area (Å²) in [6, 6.07) is 21.5. The molecule has 0 aromatic heterocycles. The van der Waals surface area contributed by atoms with E-state index in [-0.39, 0.29) is 23.4 Å². The number of sulfonamides is 1. The van der Waals surface area contributed by atoms with Gasteiger partial charge in [0.25, 0.3) is 10.0 Å². The van der Waals surface area contributed by atoms with Crippen molar-refractivity contribution in [2.45, 2.75) is 69.5 Å². The second-order valence-electron chi connectivity index (χ2n) is 10.2. The molecule has 1 N–H and O–H groups in total. The van der Waals surface area contributed by atoms with Gasteiger partial charge in [0.05, 0.1) is 10.6 Å². The van der Waals surface area contributed by atoms with Gasteiger partial charge in [0.2, 0.25) is 11.8 Å². The summed E-state index contributed by atoms with van der Waals surface area (Å²) in [6.07, 6.45) is 4.76. The van der Waals surface area contributed by atoms with E-state index in [2.05, 4.69) is 5.32 Å². The zero-order valence-corrected chi connectivity index (χ0v) is 24.5. The van der Waals surface area contributed by atoms with Crippen LogP contribution < -0.4 is 9.62 Å². The standard InChI is InChI=1S/C31H36ClN3O4S/c1-3-24-15-19-28(20-16-24)35(40(38,39)29-11-5-4-6-12-29)22-30(36)34(21-25-13-17-26(32)18-14-25)23(2)31(37)33-27-9-7-8-10-27/h4-6,11-20,23,27H,3,7-10,21-22H2,1-2H3,(H,33,37)/t23-/m0/s1. The lowest BCUT2D eigenvalue weighted by Gasteiger charge is -2.32. The number of nitrogens with zero attached hydrogens (tertiary/aromatic N) is 2. The van der Waals surface area contributed by atoms with Crippen LogP contribution in [0.1, 0.15) is 50.7 Å². The number of benzene rings is 3. The molecule has 2 amide bonds. The molecule has 0 heterocycles. The van der Waals surface area contributed by atoms with E-state index < -0.39 is 28.5 Å². The summed E-state index contributed by atoms with van der Waals surface area (Å²) in [4.78, 5) is 28.8. The fraction of sp³-hybridized carbons (Fsp3) is 0.355. The number of rotatable bonds is 11. The zero-order chi connectivity index (χ0) is 28.7. The van der Waals surface area contributed by atoms with Gasteiger partial charge in [-0.3, -0.25) is 13.9 Å². The Morgan fingerprint density at radius 1 is 0.925 bits per heavy atom. The van der Waals surface area contributed by atoms with E-state index in [1.807, 2.05) is 19.1 Å². The molecule has 9 heteroatoms. The average Bonchev–Trinajstić information content (AvgIpc) is 3.48. The van der Waals surface area contributed by atoms with Crippen molar-refractivity contribution in [3.05, 3.63) is 95.0 Å². The predicted octanol–water partition coefficient (Wildman–Crippen LogP) is 5.57. The van der Waals surface area contributed by atoms with Gasteiger partial charge in [-0.1, -0.05) is 73.8 Å². The minimum atomic E-state index is -4.08. The van der Waals surface area contributed by atoms with Gasteiger partial charge in [-0.2, -0.15) is 0 Å². The molecule has 3 aromatic rings. The van der Waals surface area contributed by atoms with Crippen LogP contribution in [0.4, 0.5) is 5.69 Å². The highest BCUT2D eigenvalue weighted by molar-refractivity contribution is 7.92. The van der Waals surface area contributed by atoms with E-state index in [1.165, 1.54) is 17.0 Å². The fourth-order valence-corrected chi connectivity index (χ4v) is 6.47. The lowest BCUT2D eigenvalue weighted by Crippen LogP contribution is -2.52. The number of carbonyl (C=O) groups excluding carboxylic acids is 2. The topological polar surface area (TPSA) is 86.8 Å². The third kappa shape index (κ3) is 7.23. The Kier molecular flexibility index (Phi) is 9.87. The molecule has 212 valence electrons. The van der Waals surface area contributed by atoms with Crippen LogP contribution >= 0.6 is 11.6 Å². The van der Waals surface area contributed by atoms with Crippen LogP contribution in [0, 0.1) is 0 Å². The van der Waals surface area contributed by atoms with Gasteiger partial charge < -0.3 is 10.2 Å². The number of aryl methyl sites for hydroxylation is 1. The van der Waals surface area contributed by atoms with Crippen molar-refractivity contribution in [1.29, 1.82) is 0 Å². The SMILES string of the molecule is CCc1ccc(N(CC(=O)N(Cc2ccc(Cl)cc2)[C@@H](C)C(=O)NC2CCCC2)S(=O)(=O)c2ccccc2)cc1. The molecule has 1 atom stereocenters. The van der Waals surface area contributed by atoms with Gasteiger partial charge in [-0.15, -0.1) is 0 Å². The average molecular weight is 582 g/mol. The van der Waals surface area contributed by atoms with Gasteiger partial charge in [0, 0.05) is 17.6 Å². The molecule has 40 heavy (non-hydrogen) atoms. The van der Waals surface area contributed by atoms with Crippen LogP contribution in [-0.2, 0) is 32.6 Å². The Labute approximate surface area is 242 Å². The summed E-state index contributed by atoms with van der Waals surface area (Å²) in [5, 5.41) is 3.64. The molecule has 0 saturated heterocycles. The van der Waals surface area contributed by atoms with E-state index in [0.717, 1.165) is 47.5 Å². The lowest BCUT2D eigenvalue weighted by atomic mass is 10.1. The third-order valence-corrected chi connectivity index (χ3v) is 9.42. The highest BCUT2D eigenvalue weighted by Crippen LogP contribution is 2.25. The minimum absolute atomic E-state index is 0.0821. The molecule has 1 aliphatic carbocycles. The molecular weight excluding hydrogens is 546 g/mol. The summed E-state index contributed by atoms with van der Waals surface area (Å²) < 4.78 is 28.8. The summed E-state index contributed by atoms with van der Waals surface area (Å²) in [5.41, 5.74) is 2.21. The highest BCUT2D eigenvalue weighted by Gasteiger charge is 2.33. The molecule has 4 rings (SSSR count). The summed E-state index contributed by atoms with van der Waals surface area (Å²) in [5.74, 6) is -0.734. The lowest BCUT2D eigenvalue weighted by molar-refractivity contribution is -0.139. The number of anilines is 1. The van der Waals surface area contributed by atoms with Gasteiger partial charge >= 0.3 is 0 Å². The monoisotopic (exact) mass is 581 g/mol. The maximum absolute atomic E-state index is 14.0. The molecule has 0 radical (unpaired) electrons. The van der Waals surface area contributed by atoms with Crippen molar-refractivity contribution < 1.29 is 18.0 Å². The first-order valence-electron chi connectivity index (χ1n) is 13.7. The maximum atomic E-state index is 14.0. The Bertz CT molecular complexity index is 1390. The first-order valence-corrected chi connectivity index (χ1v) is 15.5. The van der Waals surface area contributed by atoms with E-state index in [0.29, 0.717) is 10.7 Å². The van der Waals surface area contributed by atoms with Crippen LogP contribution in [0.2, 0.25) is 5.02 Å². The molecular formula is C31H36ClN3O4S. The van der Waals surface area contributed by atoms with Crippen LogP contribution in [0.15, 0.2) is 83.8 Å². The number of nitrogens with one attached hydrogen (secondary N) is 1. The van der Waals surface area contributed by atoms with Crippen LogP contribution in [0.5, 0.6) is 0 Å². The van der Waals surface area contributed by atoms with Crippen molar-refractivity contribution in [2.75, 3.05) is 10.8 Å². The number of hydrogen-bond donors (Lipinski definition) is 1. The number of carbonyl (C=O) groups is 2. The van der Waals surface area contributed by atoms with Crippen molar-refractivity contribution in [2.24, 2.45) is 0 Å². The number of halogens is 1. The van der Waals surface area contributed by atoms with Crippen molar-refractivity contribution in [3.63, 3.8) is 0 Å². The maximum Gasteiger partial charge on any atom is 0.264 e. The first-order chi connectivity index (χ1) is 19.2. The van der Waals surface area contributed by atoms with E-state index >= 15 is 0 Å². The van der Waals surface area contributed by atoms with E-state index in [4.69, 9.17) is 11.6 Å². The first kappa shape index (κ1) is 29.6. The molecule has 0 bridgehead atoms. The fourth-order valence-electron chi connectivity index (χ4n) is 4.91. The molecule has 1 saturated carbocycles. The van der Waals surface area contributed by atoms with Gasteiger partial charge in [-0.25, -0.2) is 8.42 Å². The predicted molar refractivity (Wildman–Crippen MR) is 159 cm³/mol. The summed E-state index contributed by atoms with van der Waals surface area (Å²) in [7, 11) is -4.08. The molecule has 1 aliphatic rings. The van der Waals surface area contributed by atoms with Crippen molar-refractivity contribution in [1.82, 2.24) is 10.2 Å². The van der Waals surface area contributed by atoms with Gasteiger partial charge in [0.1, 0.15) is 12.6 Å². The number of amides is 2. The Balaban J connectivity index is 1.67. The quantitative estimate of drug-likeness (QED) is 0.320. The second-order valence-corrected chi connectivity index (χ2v) is 12.5. The smallest absolute Gasteiger partial charge is 0.264 e. The van der Waals surface area contributed by atoms with Crippen molar-refractivity contribution >= 4 is 39.1 Å². The molecule has 0 aliphatic heterocycles. The highest BCUT2D eigenvalue weighted by atomic mass is 35.5. The van der Waals surface area contributed by atoms with Crippen LogP contribution in [-0.4, -0.2) is 43.8 Å². The Morgan fingerprint density at radius 2 is 1.52 bits per heavy atom. The summed E-state index contributed by atoms with van der Waals surface area (Å²) >= 11 is 6.07. The van der Waals surface area contributed by atoms with Gasteiger partial charge in [-0.05, 0) is 73.7 Å². The Hall–Kier alpha value is -3.36. The second kappa shape index (κ2) is 13.3. The van der Waals surface area contributed by atoms with E-state index in [1.54, 1.807) is 61.5 Å². The molecule has 0 spiro atoms. The largest absolute Gasteiger partial charge is 0.352 e. The third-order valence-electron chi connectivity index (χ3n) is 7.38.